The highest BCUT2D eigenvalue weighted by Gasteiger charge is 2.34. The summed E-state index contributed by atoms with van der Waals surface area (Å²) in [7, 11) is 2.19. The number of nitrogens with one attached hydrogen (secondary N) is 2. The second kappa shape index (κ2) is 32.5. The third-order valence-corrected chi connectivity index (χ3v) is 10.8. The van der Waals surface area contributed by atoms with Crippen molar-refractivity contribution in [1.82, 2.24) is 9.80 Å². The van der Waals surface area contributed by atoms with Crippen LogP contribution in [-0.2, 0) is 4.79 Å². The van der Waals surface area contributed by atoms with Crippen LogP contribution in [0.15, 0.2) is 123 Å². The van der Waals surface area contributed by atoms with Crippen molar-refractivity contribution in [3.8, 4) is 0 Å². The quantitative estimate of drug-likeness (QED) is 0.0405. The van der Waals surface area contributed by atoms with E-state index >= 15 is 0 Å². The van der Waals surface area contributed by atoms with Crippen LogP contribution in [0, 0.1) is 0 Å². The molecule has 0 amide bonds. The van der Waals surface area contributed by atoms with Crippen LogP contribution >= 0.6 is 47.2 Å². The van der Waals surface area contributed by atoms with Crippen molar-refractivity contribution in [2.24, 2.45) is 42.9 Å². The van der Waals surface area contributed by atoms with E-state index in [1.165, 1.54) is 11.1 Å². The minimum absolute atomic E-state index is 0. The van der Waals surface area contributed by atoms with E-state index in [4.69, 9.17) is 88.4 Å². The molecular formula is C46H64Cl4N12O7. The summed E-state index contributed by atoms with van der Waals surface area (Å²) in [5.41, 5.74) is 27.4. The minimum atomic E-state index is -2.20. The number of hydrogen-bond acceptors (Lipinski definition) is 10. The summed E-state index contributed by atoms with van der Waals surface area (Å²) in [5, 5.41) is 59.7. The SMILES string of the molecule is CN1CCN(C(c2ccccc2)c2ccc(Cl)cc2)CC1.Cl.NC(=NCCCCCCN=C(N)N=C(N)Nc1ccc(Cl)cc1)N=C(N)Nc1ccc(Cl)cc1.O=C(O)[C@H](O)[C@@H](O)[C@H](O)[C@H](O)CO. The van der Waals surface area contributed by atoms with Gasteiger partial charge in [-0.1, -0.05) is 90.1 Å². The Morgan fingerprint density at radius 2 is 1.03 bits per heavy atom. The van der Waals surface area contributed by atoms with Crippen molar-refractivity contribution in [1.29, 1.82) is 0 Å². The van der Waals surface area contributed by atoms with Gasteiger partial charge in [0.25, 0.3) is 0 Å². The van der Waals surface area contributed by atoms with E-state index in [-0.39, 0.29) is 36.2 Å². The number of carbonyl (C=O) groups is 1. The van der Waals surface area contributed by atoms with Crippen molar-refractivity contribution in [2.75, 3.05) is 63.6 Å². The Hall–Kier alpha value is -5.29. The zero-order valence-electron chi connectivity index (χ0n) is 38.1. The molecule has 0 bridgehead atoms. The van der Waals surface area contributed by atoms with Crippen molar-refractivity contribution in [3.63, 3.8) is 0 Å². The molecule has 1 saturated heterocycles. The van der Waals surface area contributed by atoms with Gasteiger partial charge >= 0.3 is 5.97 Å². The van der Waals surface area contributed by atoms with Crippen LogP contribution in [0.5, 0.6) is 0 Å². The molecule has 5 rings (SSSR count). The van der Waals surface area contributed by atoms with Crippen LogP contribution in [-0.4, -0.2) is 148 Å². The number of anilines is 2. The second-order valence-corrected chi connectivity index (χ2v) is 16.7. The van der Waals surface area contributed by atoms with Gasteiger partial charge in [-0.15, -0.1) is 12.4 Å². The highest BCUT2D eigenvalue weighted by molar-refractivity contribution is 6.31. The number of piperazine rings is 1. The van der Waals surface area contributed by atoms with Gasteiger partial charge in [-0.2, -0.15) is 9.98 Å². The summed E-state index contributed by atoms with van der Waals surface area (Å²) in [6.07, 6.45) is -4.15. The molecule has 0 aliphatic carbocycles. The number of aliphatic carboxylic acids is 1. The average Bonchev–Trinajstić information content (AvgIpc) is 3.32. The molecule has 5 atom stereocenters. The van der Waals surface area contributed by atoms with Crippen LogP contribution in [0.3, 0.4) is 0 Å². The molecule has 1 aliphatic rings. The highest BCUT2D eigenvalue weighted by Crippen LogP contribution is 2.30. The summed E-state index contributed by atoms with van der Waals surface area (Å²) < 4.78 is 0. The van der Waals surface area contributed by atoms with Gasteiger partial charge in [0, 0.05) is 65.7 Å². The summed E-state index contributed by atoms with van der Waals surface area (Å²) in [6, 6.07) is 33.5. The Bertz CT molecular complexity index is 2120. The van der Waals surface area contributed by atoms with Crippen LogP contribution in [0.25, 0.3) is 0 Å². The van der Waals surface area contributed by atoms with Crippen molar-refractivity contribution >= 4 is 88.4 Å². The molecule has 0 radical (unpaired) electrons. The number of guanidine groups is 4. The number of hydrogen-bond donors (Lipinski definition) is 12. The number of carboxylic acids is 1. The number of halogens is 4. The lowest BCUT2D eigenvalue weighted by Gasteiger charge is -2.38. The third-order valence-electron chi connectivity index (χ3n) is 10.0. The molecule has 23 heteroatoms. The van der Waals surface area contributed by atoms with Crippen LogP contribution in [0.1, 0.15) is 42.9 Å². The summed E-state index contributed by atoms with van der Waals surface area (Å²) >= 11 is 17.7. The predicted octanol–water partition coefficient (Wildman–Crippen LogP) is 3.94. The molecule has 0 aromatic heterocycles. The molecule has 1 unspecified atom stereocenters. The topological polar surface area (TPSA) is 323 Å². The molecule has 1 heterocycles. The molecule has 69 heavy (non-hydrogen) atoms. The van der Waals surface area contributed by atoms with Crippen molar-refractivity contribution in [2.45, 2.75) is 56.1 Å². The lowest BCUT2D eigenvalue weighted by atomic mass is 9.96. The van der Waals surface area contributed by atoms with Crippen molar-refractivity contribution < 1.29 is 35.4 Å². The minimum Gasteiger partial charge on any atom is -0.479 e. The van der Waals surface area contributed by atoms with E-state index < -0.39 is 37.0 Å². The van der Waals surface area contributed by atoms with E-state index in [1.807, 2.05) is 12.1 Å². The number of aliphatic imine (C=N–C) groups is 4. The summed E-state index contributed by atoms with van der Waals surface area (Å²) in [4.78, 5) is 31.5. The highest BCUT2D eigenvalue weighted by atomic mass is 35.5. The molecule has 1 fully saturated rings. The molecule has 16 N–H and O–H groups in total. The maximum atomic E-state index is 10.1. The largest absolute Gasteiger partial charge is 0.479 e. The zero-order valence-corrected chi connectivity index (χ0v) is 41.2. The fourth-order valence-electron chi connectivity index (χ4n) is 6.34. The maximum Gasteiger partial charge on any atom is 0.335 e. The Kier molecular flexibility index (Phi) is 28.2. The second-order valence-electron chi connectivity index (χ2n) is 15.4. The Morgan fingerprint density at radius 3 is 1.43 bits per heavy atom. The van der Waals surface area contributed by atoms with Gasteiger partial charge in [-0.3, -0.25) is 14.9 Å². The molecule has 1 aliphatic heterocycles. The maximum absolute atomic E-state index is 10.1. The number of benzene rings is 4. The van der Waals surface area contributed by atoms with Crippen LogP contribution < -0.4 is 33.6 Å². The van der Waals surface area contributed by atoms with E-state index in [0.29, 0.717) is 29.2 Å². The van der Waals surface area contributed by atoms with E-state index in [9.17, 15) is 4.79 Å². The number of likely N-dealkylation sites (N-methyl/N-ethyl adjacent to an activating group) is 1. The lowest BCUT2D eigenvalue weighted by molar-refractivity contribution is -0.164. The van der Waals surface area contributed by atoms with Gasteiger partial charge in [-0.05, 0) is 91.7 Å². The van der Waals surface area contributed by atoms with Gasteiger partial charge in [0.1, 0.15) is 18.3 Å². The smallest absolute Gasteiger partial charge is 0.335 e. The van der Waals surface area contributed by atoms with E-state index in [2.05, 4.69) is 89.9 Å². The molecular weight excluding hydrogens is 974 g/mol. The van der Waals surface area contributed by atoms with E-state index in [0.717, 1.165) is 68.3 Å². The molecule has 4 aromatic carbocycles. The van der Waals surface area contributed by atoms with Gasteiger partial charge in [0.05, 0.1) is 12.6 Å². The Morgan fingerprint density at radius 1 is 0.623 bits per heavy atom. The first kappa shape index (κ1) is 59.8. The number of nitrogens with zero attached hydrogens (tertiary/aromatic N) is 6. The van der Waals surface area contributed by atoms with Gasteiger partial charge in [0.15, 0.2) is 6.10 Å². The predicted molar refractivity (Wildman–Crippen MR) is 280 cm³/mol. The standard InChI is InChI=1S/C22H30Cl2N10.C18H21ClN2.C6H12O7.ClH/c23-15-5-9-17(10-6-15)31-21(27)33-19(25)29-13-3-1-2-4-14-30-20(26)34-22(28)32-18-11-7-16(24)8-12-18;1-20-11-13-21(14-12-20)18(15-5-3-2-4-6-15)16-7-9-17(19)10-8-16;7-1-2(8)3(9)4(10)5(11)6(12)13;/h5-12H,1-4,13-14H2,(H5,25,27,29,31,33)(H5,26,28,30,32,34);2-10,18H,11-14H2,1H3;2-5,7-11H,1H2,(H,12,13);1H/t;;2-,3-,4+,5-;/m..1./s1. The fraction of sp³-hybridized carbons (Fsp3) is 0.370. The Balaban J connectivity index is 0.000000395. The number of aliphatic hydroxyl groups is 5. The first-order chi connectivity index (χ1) is 32.5. The van der Waals surface area contributed by atoms with Gasteiger partial charge < -0.3 is 69.1 Å². The normalized spacial score (nSPS) is 16.0. The zero-order chi connectivity index (χ0) is 50.0. The monoisotopic (exact) mass is 1040 g/mol. The fourth-order valence-corrected chi connectivity index (χ4v) is 6.72. The van der Waals surface area contributed by atoms with Gasteiger partial charge in [0.2, 0.25) is 23.8 Å². The number of carboxylic acid groups (broad SMARTS) is 1. The summed E-state index contributed by atoms with van der Waals surface area (Å²) in [5.74, 6) is -1.16. The number of unbranched alkanes of at least 4 members (excludes halogenated alkanes) is 3. The first-order valence-electron chi connectivity index (χ1n) is 21.6. The molecule has 19 nitrogen and oxygen atoms in total. The molecule has 0 spiro atoms. The first-order valence-corrected chi connectivity index (χ1v) is 22.7. The third kappa shape index (κ3) is 23.2. The Labute approximate surface area is 423 Å². The van der Waals surface area contributed by atoms with E-state index in [1.54, 1.807) is 48.5 Å². The van der Waals surface area contributed by atoms with Crippen LogP contribution in [0.2, 0.25) is 15.1 Å². The van der Waals surface area contributed by atoms with Gasteiger partial charge in [-0.25, -0.2) is 4.79 Å². The number of nitrogens with two attached hydrogens (primary N) is 4. The lowest BCUT2D eigenvalue weighted by Crippen LogP contribution is -2.48. The van der Waals surface area contributed by atoms with Crippen molar-refractivity contribution in [3.05, 3.63) is 129 Å². The molecule has 0 saturated carbocycles. The van der Waals surface area contributed by atoms with Crippen LogP contribution in [0.4, 0.5) is 11.4 Å². The number of aliphatic hydroxyl groups excluding tert-OH is 5. The average molecular weight is 1040 g/mol. The molecule has 378 valence electrons. The summed E-state index contributed by atoms with van der Waals surface area (Å²) in [6.45, 7) is 4.72. The molecule has 4 aromatic rings. The number of rotatable bonds is 17.